The van der Waals surface area contributed by atoms with Crippen LogP contribution in [0.15, 0.2) is 18.2 Å². The van der Waals surface area contributed by atoms with Crippen LogP contribution in [0.2, 0.25) is 0 Å². The molecule has 1 aromatic rings. The molecule has 0 atom stereocenters. The van der Waals surface area contributed by atoms with Crippen LogP contribution in [0.5, 0.6) is 0 Å². The average Bonchev–Trinajstić information content (AvgIpc) is 2.55. The van der Waals surface area contributed by atoms with Crippen LogP contribution in [0.25, 0.3) is 0 Å². The number of hydrogen-bond acceptors (Lipinski definition) is 3. The molecule has 2 fully saturated rings. The number of benzene rings is 1. The molecule has 3 heteroatoms. The first-order valence-electron chi connectivity index (χ1n) is 9.63. The number of rotatable bonds is 2. The van der Waals surface area contributed by atoms with Crippen LogP contribution < -0.4 is 4.90 Å². The summed E-state index contributed by atoms with van der Waals surface area (Å²) in [6.07, 6.45) is 2.62. The normalized spacial score (nSPS) is 22.1. The molecule has 0 saturated carbocycles. The van der Waals surface area contributed by atoms with Crippen LogP contribution in [0.1, 0.15) is 44.7 Å². The quantitative estimate of drug-likeness (QED) is 0.822. The van der Waals surface area contributed by atoms with E-state index in [2.05, 4.69) is 67.6 Å². The van der Waals surface area contributed by atoms with E-state index in [9.17, 15) is 0 Å². The number of anilines is 1. The fourth-order valence-corrected chi connectivity index (χ4v) is 4.14. The maximum atomic E-state index is 2.73. The highest BCUT2D eigenvalue weighted by atomic mass is 15.3. The number of likely N-dealkylation sites (N-methyl/N-ethyl adjacent to an activating group) is 1. The molecule has 1 aromatic carbocycles. The Morgan fingerprint density at radius 2 is 1.54 bits per heavy atom. The predicted molar refractivity (Wildman–Crippen MR) is 104 cm³/mol. The molecule has 0 radical (unpaired) electrons. The van der Waals surface area contributed by atoms with Crippen molar-refractivity contribution >= 4 is 5.69 Å². The number of piperazine rings is 1. The van der Waals surface area contributed by atoms with Crippen molar-refractivity contribution in [3.63, 3.8) is 0 Å². The zero-order valence-electron chi connectivity index (χ0n) is 16.3. The van der Waals surface area contributed by atoms with E-state index >= 15 is 0 Å². The lowest BCUT2D eigenvalue weighted by Crippen LogP contribution is -2.52. The molecule has 24 heavy (non-hydrogen) atoms. The van der Waals surface area contributed by atoms with Gasteiger partial charge in [-0.1, -0.05) is 32.9 Å². The van der Waals surface area contributed by atoms with E-state index in [-0.39, 0.29) is 5.41 Å². The Balaban J connectivity index is 1.60. The van der Waals surface area contributed by atoms with Crippen molar-refractivity contribution in [1.29, 1.82) is 0 Å². The van der Waals surface area contributed by atoms with Gasteiger partial charge in [0, 0.05) is 51.0 Å². The summed E-state index contributed by atoms with van der Waals surface area (Å²) in [6, 6.07) is 7.87. The Morgan fingerprint density at radius 1 is 0.917 bits per heavy atom. The number of piperidine rings is 1. The highest BCUT2D eigenvalue weighted by molar-refractivity contribution is 5.55. The van der Waals surface area contributed by atoms with Crippen molar-refractivity contribution in [3.05, 3.63) is 29.3 Å². The van der Waals surface area contributed by atoms with Gasteiger partial charge in [0.1, 0.15) is 0 Å². The van der Waals surface area contributed by atoms with E-state index in [0.717, 1.165) is 6.04 Å². The van der Waals surface area contributed by atoms with Crippen LogP contribution >= 0.6 is 0 Å². The summed E-state index contributed by atoms with van der Waals surface area (Å²) in [5.74, 6) is 0. The molecular formula is C21H35N3. The summed E-state index contributed by atoms with van der Waals surface area (Å²) in [6.45, 7) is 16.5. The number of aryl methyl sites for hydroxylation is 1. The van der Waals surface area contributed by atoms with Gasteiger partial charge in [0.15, 0.2) is 0 Å². The highest BCUT2D eigenvalue weighted by Gasteiger charge is 2.27. The van der Waals surface area contributed by atoms with Gasteiger partial charge in [-0.05, 0) is 49.4 Å². The van der Waals surface area contributed by atoms with Crippen LogP contribution in [0, 0.1) is 6.92 Å². The van der Waals surface area contributed by atoms with Crippen molar-refractivity contribution in [3.8, 4) is 0 Å². The molecule has 3 nitrogen and oxygen atoms in total. The van der Waals surface area contributed by atoms with Crippen molar-refractivity contribution in [2.75, 3.05) is 51.2 Å². The van der Waals surface area contributed by atoms with Gasteiger partial charge in [-0.25, -0.2) is 0 Å². The highest BCUT2D eigenvalue weighted by Crippen LogP contribution is 2.30. The minimum absolute atomic E-state index is 0.234. The molecule has 134 valence electrons. The molecule has 0 amide bonds. The maximum absolute atomic E-state index is 2.73. The van der Waals surface area contributed by atoms with Crippen LogP contribution in [0.4, 0.5) is 5.69 Å². The third kappa shape index (κ3) is 3.94. The molecule has 0 aliphatic carbocycles. The molecule has 2 aliphatic rings. The average molecular weight is 330 g/mol. The van der Waals surface area contributed by atoms with Crippen molar-refractivity contribution in [2.24, 2.45) is 0 Å². The van der Waals surface area contributed by atoms with Crippen molar-refractivity contribution < 1.29 is 0 Å². The largest absolute Gasteiger partial charge is 0.371 e. The summed E-state index contributed by atoms with van der Waals surface area (Å²) >= 11 is 0. The van der Waals surface area contributed by atoms with Crippen LogP contribution in [0.3, 0.4) is 0 Å². The molecule has 3 rings (SSSR count). The summed E-state index contributed by atoms with van der Waals surface area (Å²) < 4.78 is 0. The fraction of sp³-hybridized carbons (Fsp3) is 0.714. The van der Waals surface area contributed by atoms with Gasteiger partial charge in [0.2, 0.25) is 0 Å². The Bertz CT molecular complexity index is 545. The first-order chi connectivity index (χ1) is 11.3. The molecule has 0 bridgehead atoms. The van der Waals surface area contributed by atoms with E-state index < -0.39 is 0 Å². The lowest BCUT2D eigenvalue weighted by atomic mass is 9.86. The van der Waals surface area contributed by atoms with Crippen molar-refractivity contribution in [1.82, 2.24) is 9.80 Å². The van der Waals surface area contributed by atoms with E-state index in [4.69, 9.17) is 0 Å². The molecule has 2 saturated heterocycles. The van der Waals surface area contributed by atoms with E-state index in [0.29, 0.717) is 0 Å². The minimum Gasteiger partial charge on any atom is -0.371 e. The summed E-state index contributed by atoms with van der Waals surface area (Å²) in [5, 5.41) is 0. The second-order valence-corrected chi connectivity index (χ2v) is 8.81. The van der Waals surface area contributed by atoms with Gasteiger partial charge >= 0.3 is 0 Å². The topological polar surface area (TPSA) is 9.72 Å². The van der Waals surface area contributed by atoms with Crippen molar-refractivity contribution in [2.45, 2.75) is 52.0 Å². The maximum Gasteiger partial charge on any atom is 0.0396 e. The van der Waals surface area contributed by atoms with Gasteiger partial charge in [0.25, 0.3) is 0 Å². The monoisotopic (exact) mass is 329 g/mol. The summed E-state index contributed by atoms with van der Waals surface area (Å²) in [7, 11) is 2.24. The molecule has 0 spiro atoms. The van der Waals surface area contributed by atoms with Crippen LogP contribution in [-0.2, 0) is 5.41 Å². The predicted octanol–water partition coefficient (Wildman–Crippen LogP) is 3.51. The van der Waals surface area contributed by atoms with E-state index in [1.165, 1.54) is 68.9 Å². The van der Waals surface area contributed by atoms with Gasteiger partial charge in [0.05, 0.1) is 0 Å². The minimum atomic E-state index is 0.234. The van der Waals surface area contributed by atoms with E-state index in [1.807, 2.05) is 0 Å². The Morgan fingerprint density at radius 3 is 2.08 bits per heavy atom. The van der Waals surface area contributed by atoms with Crippen LogP contribution in [-0.4, -0.2) is 62.2 Å². The van der Waals surface area contributed by atoms with Gasteiger partial charge in [-0.3, -0.25) is 4.90 Å². The van der Waals surface area contributed by atoms with Gasteiger partial charge in [-0.15, -0.1) is 0 Å². The first kappa shape index (κ1) is 17.8. The Labute approximate surface area is 148 Å². The number of hydrogen-bond donors (Lipinski definition) is 0. The lowest BCUT2D eigenvalue weighted by Gasteiger charge is -2.43. The fourth-order valence-electron chi connectivity index (χ4n) is 4.14. The molecular weight excluding hydrogens is 294 g/mol. The van der Waals surface area contributed by atoms with E-state index in [1.54, 1.807) is 0 Å². The van der Waals surface area contributed by atoms with Gasteiger partial charge in [-0.2, -0.15) is 0 Å². The molecule has 0 aromatic heterocycles. The zero-order valence-corrected chi connectivity index (χ0v) is 16.3. The molecule has 0 unspecified atom stereocenters. The summed E-state index contributed by atoms with van der Waals surface area (Å²) in [5.41, 5.74) is 4.55. The Kier molecular flexibility index (Phi) is 5.22. The standard InChI is InChI=1S/C21H35N3/c1-17-16-18(21(2,3)4)6-7-20(17)24-10-8-19(9-11-24)23-14-12-22(5)13-15-23/h6-7,16,19H,8-15H2,1-5H3. The Hall–Kier alpha value is -1.06. The first-order valence-corrected chi connectivity index (χ1v) is 9.63. The van der Waals surface area contributed by atoms with Gasteiger partial charge < -0.3 is 9.80 Å². The lowest BCUT2D eigenvalue weighted by molar-refractivity contribution is 0.0982. The second-order valence-electron chi connectivity index (χ2n) is 8.81. The smallest absolute Gasteiger partial charge is 0.0396 e. The summed E-state index contributed by atoms with van der Waals surface area (Å²) in [4.78, 5) is 7.78. The molecule has 2 aliphatic heterocycles. The SMILES string of the molecule is Cc1cc(C(C)(C)C)ccc1N1CCC(N2CCN(C)CC2)CC1. The third-order valence-corrected chi connectivity index (χ3v) is 5.92. The molecule has 0 N–H and O–H groups in total. The number of nitrogens with zero attached hydrogens (tertiary/aromatic N) is 3. The zero-order chi connectivity index (χ0) is 17.3. The third-order valence-electron chi connectivity index (χ3n) is 5.92. The molecule has 2 heterocycles. The second kappa shape index (κ2) is 7.05.